The molecule has 0 bridgehead atoms. The molecule has 1 heterocycles. The van der Waals surface area contributed by atoms with E-state index in [-0.39, 0.29) is 0 Å². The van der Waals surface area contributed by atoms with Crippen LogP contribution in [0.25, 0.3) is 0 Å². The largest absolute Gasteiger partial charge is 0.492 e. The van der Waals surface area contributed by atoms with E-state index in [1.54, 1.807) is 0 Å². The molecule has 0 unspecified atom stereocenters. The Morgan fingerprint density at radius 3 is 3.05 bits per heavy atom. The van der Waals surface area contributed by atoms with Crippen LogP contribution in [0, 0.1) is 0 Å². The maximum absolute atomic E-state index is 5.88. The Labute approximate surface area is 122 Å². The van der Waals surface area contributed by atoms with Gasteiger partial charge in [0.05, 0.1) is 0 Å². The van der Waals surface area contributed by atoms with Crippen molar-refractivity contribution < 1.29 is 4.74 Å². The lowest BCUT2D eigenvalue weighted by molar-refractivity contribution is 0.217. The molecule has 0 aliphatic carbocycles. The van der Waals surface area contributed by atoms with Crippen LogP contribution in [-0.2, 0) is 6.54 Å². The molecule has 1 aromatic carbocycles. The molecule has 0 saturated carbocycles. The zero-order valence-electron chi connectivity index (χ0n) is 12.7. The zero-order valence-corrected chi connectivity index (χ0v) is 12.7. The van der Waals surface area contributed by atoms with Crippen LogP contribution in [0.15, 0.2) is 35.9 Å². The third-order valence-electron chi connectivity index (χ3n) is 3.56. The predicted octanol–water partition coefficient (Wildman–Crippen LogP) is 2.83. The van der Waals surface area contributed by atoms with Gasteiger partial charge in [0.1, 0.15) is 12.4 Å². The van der Waals surface area contributed by atoms with E-state index in [2.05, 4.69) is 48.3 Å². The quantitative estimate of drug-likeness (QED) is 0.774. The number of rotatable bonds is 7. The number of ether oxygens (including phenoxy) is 1. The van der Waals surface area contributed by atoms with E-state index >= 15 is 0 Å². The van der Waals surface area contributed by atoms with Crippen LogP contribution in [0.2, 0.25) is 0 Å². The molecule has 0 amide bonds. The van der Waals surface area contributed by atoms with Gasteiger partial charge in [-0.2, -0.15) is 0 Å². The topological polar surface area (TPSA) is 24.5 Å². The van der Waals surface area contributed by atoms with Gasteiger partial charge in [-0.25, -0.2) is 0 Å². The van der Waals surface area contributed by atoms with E-state index < -0.39 is 0 Å². The first-order valence-corrected chi connectivity index (χ1v) is 7.58. The Hall–Kier alpha value is -1.32. The minimum Gasteiger partial charge on any atom is -0.492 e. The molecule has 0 aromatic heterocycles. The summed E-state index contributed by atoms with van der Waals surface area (Å²) in [5.74, 6) is 0.977. The Bertz CT molecular complexity index is 442. The van der Waals surface area contributed by atoms with Gasteiger partial charge in [0, 0.05) is 26.2 Å². The molecule has 0 radical (unpaired) electrons. The summed E-state index contributed by atoms with van der Waals surface area (Å²) >= 11 is 0. The van der Waals surface area contributed by atoms with Crippen molar-refractivity contribution >= 4 is 0 Å². The van der Waals surface area contributed by atoms with Crippen LogP contribution in [0.4, 0.5) is 0 Å². The summed E-state index contributed by atoms with van der Waals surface area (Å²) in [6, 6.07) is 8.37. The second-order valence-electron chi connectivity index (χ2n) is 5.39. The van der Waals surface area contributed by atoms with Gasteiger partial charge in [-0.15, -0.1) is 0 Å². The lowest BCUT2D eigenvalue weighted by atomic mass is 10.1. The molecule has 1 aliphatic rings. The van der Waals surface area contributed by atoms with Crippen LogP contribution in [0.5, 0.6) is 5.75 Å². The van der Waals surface area contributed by atoms with Crippen molar-refractivity contribution in [3.05, 3.63) is 41.5 Å². The average molecular weight is 274 g/mol. The molecular formula is C17H26N2O. The number of nitrogens with one attached hydrogen (secondary N) is 1. The summed E-state index contributed by atoms with van der Waals surface area (Å²) in [5.41, 5.74) is 2.75. The highest BCUT2D eigenvalue weighted by molar-refractivity contribution is 5.28. The van der Waals surface area contributed by atoms with Gasteiger partial charge in [-0.3, -0.25) is 4.90 Å². The van der Waals surface area contributed by atoms with Crippen LogP contribution in [-0.4, -0.2) is 37.7 Å². The standard InChI is InChI=1S/C17H26N2O/c1-3-18-13-16-7-4-8-17(12-16)20-11-10-19-9-5-6-15(2)14-19/h4,6-8,12,18H,3,5,9-11,13-14H2,1-2H3. The van der Waals surface area contributed by atoms with Crippen LogP contribution in [0.1, 0.15) is 25.8 Å². The van der Waals surface area contributed by atoms with Crippen LogP contribution in [0.3, 0.4) is 0 Å². The fraction of sp³-hybridized carbons (Fsp3) is 0.529. The van der Waals surface area contributed by atoms with E-state index in [4.69, 9.17) is 4.74 Å². The summed E-state index contributed by atoms with van der Waals surface area (Å²) in [6.45, 7) is 10.2. The summed E-state index contributed by atoms with van der Waals surface area (Å²) in [5, 5.41) is 3.33. The van der Waals surface area contributed by atoms with Gasteiger partial charge in [0.25, 0.3) is 0 Å². The number of nitrogens with zero attached hydrogens (tertiary/aromatic N) is 1. The molecule has 0 fully saturated rings. The van der Waals surface area contributed by atoms with E-state index in [1.165, 1.54) is 17.6 Å². The van der Waals surface area contributed by atoms with Gasteiger partial charge in [-0.1, -0.05) is 30.7 Å². The van der Waals surface area contributed by atoms with E-state index in [9.17, 15) is 0 Å². The molecule has 0 spiro atoms. The Morgan fingerprint density at radius 2 is 2.25 bits per heavy atom. The van der Waals surface area contributed by atoms with Crippen molar-refractivity contribution in [1.82, 2.24) is 10.2 Å². The normalized spacial score (nSPS) is 16.0. The molecular weight excluding hydrogens is 248 g/mol. The lowest BCUT2D eigenvalue weighted by Gasteiger charge is -2.25. The molecule has 20 heavy (non-hydrogen) atoms. The fourth-order valence-corrected chi connectivity index (χ4v) is 2.49. The highest BCUT2D eigenvalue weighted by Gasteiger charge is 2.09. The summed E-state index contributed by atoms with van der Waals surface area (Å²) in [7, 11) is 0. The lowest BCUT2D eigenvalue weighted by Crippen LogP contribution is -2.33. The number of benzene rings is 1. The molecule has 110 valence electrons. The number of hydrogen-bond donors (Lipinski definition) is 1. The molecule has 2 rings (SSSR count). The first kappa shape index (κ1) is 15.1. The van der Waals surface area contributed by atoms with Crippen molar-refractivity contribution in [3.8, 4) is 5.75 Å². The molecule has 3 nitrogen and oxygen atoms in total. The first-order valence-electron chi connectivity index (χ1n) is 7.58. The van der Waals surface area contributed by atoms with Crippen LogP contribution >= 0.6 is 0 Å². The summed E-state index contributed by atoms with van der Waals surface area (Å²) < 4.78 is 5.88. The highest BCUT2D eigenvalue weighted by atomic mass is 16.5. The van der Waals surface area contributed by atoms with Crippen molar-refractivity contribution in [2.24, 2.45) is 0 Å². The highest BCUT2D eigenvalue weighted by Crippen LogP contribution is 2.14. The summed E-state index contributed by atoms with van der Waals surface area (Å²) in [6.07, 6.45) is 3.51. The second-order valence-corrected chi connectivity index (χ2v) is 5.39. The van der Waals surface area contributed by atoms with E-state index in [0.29, 0.717) is 0 Å². The number of hydrogen-bond acceptors (Lipinski definition) is 3. The van der Waals surface area contributed by atoms with Gasteiger partial charge >= 0.3 is 0 Å². The van der Waals surface area contributed by atoms with Crippen molar-refractivity contribution in [1.29, 1.82) is 0 Å². The molecule has 3 heteroatoms. The zero-order chi connectivity index (χ0) is 14.2. The maximum Gasteiger partial charge on any atom is 0.119 e. The Balaban J connectivity index is 1.75. The van der Waals surface area contributed by atoms with Gasteiger partial charge in [-0.05, 0) is 37.6 Å². The third-order valence-corrected chi connectivity index (χ3v) is 3.56. The fourth-order valence-electron chi connectivity index (χ4n) is 2.49. The summed E-state index contributed by atoms with van der Waals surface area (Å²) in [4.78, 5) is 2.46. The van der Waals surface area contributed by atoms with Crippen LogP contribution < -0.4 is 10.1 Å². The predicted molar refractivity (Wildman–Crippen MR) is 84.1 cm³/mol. The van der Waals surface area contributed by atoms with E-state index in [1.807, 2.05) is 6.07 Å². The van der Waals surface area contributed by atoms with Crippen molar-refractivity contribution in [3.63, 3.8) is 0 Å². The second kappa shape index (κ2) is 8.08. The molecule has 0 atom stereocenters. The monoisotopic (exact) mass is 274 g/mol. The first-order chi connectivity index (χ1) is 9.78. The molecule has 1 N–H and O–H groups in total. The third kappa shape index (κ3) is 4.99. The van der Waals surface area contributed by atoms with Gasteiger partial charge < -0.3 is 10.1 Å². The van der Waals surface area contributed by atoms with E-state index in [0.717, 1.165) is 45.1 Å². The average Bonchev–Trinajstić information content (AvgIpc) is 2.46. The van der Waals surface area contributed by atoms with Crippen molar-refractivity contribution in [2.45, 2.75) is 26.8 Å². The minimum atomic E-state index is 0.762. The molecule has 1 aliphatic heterocycles. The minimum absolute atomic E-state index is 0.762. The molecule has 1 aromatic rings. The Kier molecular flexibility index (Phi) is 6.09. The maximum atomic E-state index is 5.88. The van der Waals surface area contributed by atoms with Gasteiger partial charge in [0.2, 0.25) is 0 Å². The SMILES string of the molecule is CCNCc1cccc(OCCN2CCC=C(C)C2)c1. The molecule has 0 saturated heterocycles. The van der Waals surface area contributed by atoms with Crippen molar-refractivity contribution in [2.75, 3.05) is 32.8 Å². The van der Waals surface area contributed by atoms with Gasteiger partial charge in [0.15, 0.2) is 0 Å². The smallest absolute Gasteiger partial charge is 0.119 e. The Morgan fingerprint density at radius 1 is 1.35 bits per heavy atom.